The van der Waals surface area contributed by atoms with Crippen molar-refractivity contribution < 1.29 is 14.3 Å². The molecule has 0 fully saturated rings. The molecule has 3 N–H and O–H groups in total. The first-order chi connectivity index (χ1) is 9.54. The molecule has 1 aliphatic carbocycles. The minimum atomic E-state index is -0.825. The first-order valence-electron chi connectivity index (χ1n) is 6.83. The Labute approximate surface area is 118 Å². The molecular weight excluding hydrogens is 256 g/mol. The zero-order valence-electron chi connectivity index (χ0n) is 11.6. The molecule has 0 saturated carbocycles. The third-order valence-corrected chi connectivity index (χ3v) is 3.87. The topological polar surface area (TPSA) is 81.4 Å². The minimum absolute atomic E-state index is 0.0299. The summed E-state index contributed by atoms with van der Waals surface area (Å²) < 4.78 is 4.61. The fourth-order valence-corrected chi connectivity index (χ4v) is 2.79. The summed E-state index contributed by atoms with van der Waals surface area (Å²) in [6.07, 6.45) is 2.02. The highest BCUT2D eigenvalue weighted by Gasteiger charge is 2.38. The Bertz CT molecular complexity index is 516. The van der Waals surface area contributed by atoms with Crippen LogP contribution >= 0.6 is 0 Å². The highest BCUT2D eigenvalue weighted by molar-refractivity contribution is 5.88. The minimum Gasteiger partial charge on any atom is -0.448 e. The predicted octanol–water partition coefficient (Wildman–Crippen LogP) is 1.49. The Balaban J connectivity index is 2.04. The van der Waals surface area contributed by atoms with Crippen LogP contribution in [0.5, 0.6) is 0 Å². The molecule has 1 aliphatic rings. The van der Waals surface area contributed by atoms with Crippen LogP contribution in [0.2, 0.25) is 0 Å². The van der Waals surface area contributed by atoms with Gasteiger partial charge in [-0.15, -0.1) is 0 Å². The third-order valence-electron chi connectivity index (χ3n) is 3.87. The molecule has 0 aromatic heterocycles. The molecule has 0 unspecified atom stereocenters. The lowest BCUT2D eigenvalue weighted by Gasteiger charge is -2.34. The first-order valence-corrected chi connectivity index (χ1v) is 6.83. The molecule has 108 valence electrons. The van der Waals surface area contributed by atoms with Crippen molar-refractivity contribution in [2.45, 2.75) is 31.6 Å². The molecule has 0 spiro atoms. The van der Waals surface area contributed by atoms with Crippen molar-refractivity contribution in [3.05, 3.63) is 35.4 Å². The van der Waals surface area contributed by atoms with E-state index in [1.54, 1.807) is 0 Å². The van der Waals surface area contributed by atoms with Crippen molar-refractivity contribution in [2.24, 2.45) is 5.73 Å². The number of primary amides is 1. The van der Waals surface area contributed by atoms with E-state index in [2.05, 4.69) is 16.1 Å². The number of rotatable bonds is 4. The number of benzene rings is 1. The summed E-state index contributed by atoms with van der Waals surface area (Å²) in [6.45, 7) is 2.34. The number of aryl methyl sites for hydroxylation is 1. The average Bonchev–Trinajstić information content (AvgIpc) is 2.43. The van der Waals surface area contributed by atoms with Gasteiger partial charge in [-0.2, -0.15) is 0 Å². The van der Waals surface area contributed by atoms with E-state index in [0.717, 1.165) is 24.8 Å². The molecule has 5 nitrogen and oxygen atoms in total. The van der Waals surface area contributed by atoms with Gasteiger partial charge >= 0.3 is 6.09 Å². The van der Waals surface area contributed by atoms with Gasteiger partial charge in [-0.3, -0.25) is 4.79 Å². The maximum Gasteiger partial charge on any atom is 0.404 e. The number of amides is 2. The third kappa shape index (κ3) is 2.92. The number of fused-ring (bicyclic) bond motifs is 1. The van der Waals surface area contributed by atoms with E-state index in [9.17, 15) is 9.59 Å². The van der Waals surface area contributed by atoms with Gasteiger partial charge in [-0.1, -0.05) is 24.3 Å². The summed E-state index contributed by atoms with van der Waals surface area (Å²) in [5.41, 5.74) is 6.69. The van der Waals surface area contributed by atoms with Crippen molar-refractivity contribution in [1.29, 1.82) is 0 Å². The van der Waals surface area contributed by atoms with E-state index in [0.29, 0.717) is 0 Å². The molecule has 20 heavy (non-hydrogen) atoms. The molecule has 2 rings (SSSR count). The van der Waals surface area contributed by atoms with Crippen LogP contribution in [0.15, 0.2) is 24.3 Å². The van der Waals surface area contributed by atoms with Gasteiger partial charge in [0.15, 0.2) is 0 Å². The molecule has 0 heterocycles. The zero-order chi connectivity index (χ0) is 14.6. The number of hydrogen-bond acceptors (Lipinski definition) is 3. The molecule has 2 amide bonds. The Kier molecular flexibility index (Phi) is 4.27. The predicted molar refractivity (Wildman–Crippen MR) is 75.3 cm³/mol. The van der Waals surface area contributed by atoms with E-state index in [1.165, 1.54) is 5.56 Å². The molecule has 5 heteroatoms. The molecular formula is C15H20N2O3. The summed E-state index contributed by atoms with van der Waals surface area (Å²) in [7, 11) is 0. The number of carbonyl (C=O) groups excluding carboxylic acids is 2. The van der Waals surface area contributed by atoms with E-state index < -0.39 is 11.5 Å². The van der Waals surface area contributed by atoms with Crippen LogP contribution in [-0.4, -0.2) is 25.2 Å². The number of nitrogens with two attached hydrogens (primary N) is 1. The van der Waals surface area contributed by atoms with E-state index in [4.69, 9.17) is 5.73 Å². The average molecular weight is 276 g/mol. The lowest BCUT2D eigenvalue weighted by atomic mass is 9.70. The van der Waals surface area contributed by atoms with Crippen molar-refractivity contribution in [2.75, 3.05) is 13.2 Å². The van der Waals surface area contributed by atoms with E-state index >= 15 is 0 Å². The second-order valence-corrected chi connectivity index (χ2v) is 5.27. The molecule has 0 aliphatic heterocycles. The second-order valence-electron chi connectivity index (χ2n) is 5.27. The summed E-state index contributed by atoms with van der Waals surface area (Å²) in [5.74, 6) is -0.0299. The van der Waals surface area contributed by atoms with Gasteiger partial charge in [-0.25, -0.2) is 4.79 Å². The van der Waals surface area contributed by atoms with Crippen LogP contribution in [0.1, 0.15) is 30.9 Å². The van der Waals surface area contributed by atoms with Crippen molar-refractivity contribution in [3.8, 4) is 0 Å². The lowest BCUT2D eigenvalue weighted by Crippen LogP contribution is -2.45. The number of hydrogen-bond donors (Lipinski definition) is 2. The van der Waals surface area contributed by atoms with Gasteiger partial charge in [0.2, 0.25) is 5.91 Å². The number of carbonyl (C=O) groups is 2. The Hall–Kier alpha value is -2.04. The molecule has 0 radical (unpaired) electrons. The van der Waals surface area contributed by atoms with Crippen LogP contribution in [0.3, 0.4) is 0 Å². The molecule has 1 aromatic rings. The molecule has 1 atom stereocenters. The largest absolute Gasteiger partial charge is 0.448 e. The zero-order valence-corrected chi connectivity index (χ0v) is 11.6. The molecule has 0 saturated heterocycles. The van der Waals surface area contributed by atoms with Gasteiger partial charge < -0.3 is 15.8 Å². The number of ether oxygens (including phenoxy) is 1. The summed E-state index contributed by atoms with van der Waals surface area (Å²) >= 11 is 0. The van der Waals surface area contributed by atoms with Crippen LogP contribution in [0.4, 0.5) is 4.79 Å². The Morgan fingerprint density at radius 2 is 2.15 bits per heavy atom. The van der Waals surface area contributed by atoms with Gasteiger partial charge in [0.25, 0.3) is 0 Å². The smallest absolute Gasteiger partial charge is 0.404 e. The molecule has 1 aromatic carbocycles. The fourth-order valence-electron chi connectivity index (χ4n) is 2.79. The summed E-state index contributed by atoms with van der Waals surface area (Å²) in [4.78, 5) is 22.9. The van der Waals surface area contributed by atoms with E-state index in [-0.39, 0.29) is 19.1 Å². The Morgan fingerprint density at radius 3 is 2.90 bits per heavy atom. The van der Waals surface area contributed by atoms with Gasteiger partial charge in [0.1, 0.15) is 6.61 Å². The lowest BCUT2D eigenvalue weighted by molar-refractivity contribution is -0.126. The van der Waals surface area contributed by atoms with Gasteiger partial charge in [-0.05, 0) is 37.3 Å². The summed E-state index contributed by atoms with van der Waals surface area (Å²) in [6, 6.07) is 8.07. The monoisotopic (exact) mass is 276 g/mol. The maximum atomic E-state index is 12.4. The van der Waals surface area contributed by atoms with Crippen molar-refractivity contribution in [1.82, 2.24) is 5.32 Å². The van der Waals surface area contributed by atoms with Crippen LogP contribution < -0.4 is 11.1 Å². The van der Waals surface area contributed by atoms with Gasteiger partial charge in [0.05, 0.1) is 12.0 Å². The number of nitrogens with one attached hydrogen (secondary N) is 1. The Morgan fingerprint density at radius 1 is 1.40 bits per heavy atom. The normalized spacial score (nSPS) is 20.9. The quantitative estimate of drug-likeness (QED) is 0.817. The molecule has 0 bridgehead atoms. The fraction of sp³-hybridized carbons (Fsp3) is 0.467. The van der Waals surface area contributed by atoms with Crippen LogP contribution in [0.25, 0.3) is 0 Å². The standard InChI is InChI=1S/C15H20N2O3/c1-15(13(18)17-9-10-20-14(16)19)8-4-6-11-5-2-3-7-12(11)15/h2-3,5,7H,4,6,8-10H2,1H3,(H2,16,19)(H,17,18)/t15-/m1/s1. The SMILES string of the molecule is C[C@@]1(C(=O)NCCOC(N)=O)CCCc2ccccc21. The van der Waals surface area contributed by atoms with Crippen molar-refractivity contribution in [3.63, 3.8) is 0 Å². The second kappa shape index (κ2) is 5.94. The van der Waals surface area contributed by atoms with Crippen LogP contribution in [-0.2, 0) is 21.4 Å². The highest BCUT2D eigenvalue weighted by atomic mass is 16.5. The maximum absolute atomic E-state index is 12.4. The first kappa shape index (κ1) is 14.4. The van der Waals surface area contributed by atoms with Gasteiger partial charge in [0, 0.05) is 0 Å². The van der Waals surface area contributed by atoms with E-state index in [1.807, 2.05) is 25.1 Å². The van der Waals surface area contributed by atoms with Crippen LogP contribution in [0, 0.1) is 0 Å². The highest BCUT2D eigenvalue weighted by Crippen LogP contribution is 2.37. The van der Waals surface area contributed by atoms with Crippen molar-refractivity contribution >= 4 is 12.0 Å². The summed E-state index contributed by atoms with van der Waals surface area (Å²) in [5, 5.41) is 2.82.